The Hall–Kier alpha value is -6.84. The lowest BCUT2D eigenvalue weighted by Gasteiger charge is -2.25. The second-order valence-corrected chi connectivity index (χ2v) is 13.0. The molecule has 0 atom stereocenters. The van der Waals surface area contributed by atoms with Crippen LogP contribution in [0, 0.1) is 0 Å². The number of nitrogens with zero attached hydrogens (tertiary/aromatic N) is 3. The molecule has 240 valence electrons. The number of fused-ring (bicyclic) bond motifs is 6. The fourth-order valence-corrected chi connectivity index (χ4v) is 7.87. The van der Waals surface area contributed by atoms with Crippen LogP contribution in [0.5, 0.6) is 0 Å². The van der Waals surface area contributed by atoms with Crippen LogP contribution in [0.3, 0.4) is 0 Å². The van der Waals surface area contributed by atoms with Crippen molar-refractivity contribution >= 4 is 60.7 Å². The van der Waals surface area contributed by atoms with Gasteiger partial charge in [0.1, 0.15) is 0 Å². The second kappa shape index (κ2) is 11.9. The molecular formula is C48H33N3. The lowest BCUT2D eigenvalue weighted by molar-refractivity contribution is 1.17. The first-order valence-electron chi connectivity index (χ1n) is 17.5. The van der Waals surface area contributed by atoms with Crippen molar-refractivity contribution in [3.05, 3.63) is 200 Å². The lowest BCUT2D eigenvalue weighted by Crippen LogP contribution is -2.09. The van der Waals surface area contributed by atoms with E-state index in [1.807, 2.05) is 0 Å². The van der Waals surface area contributed by atoms with Gasteiger partial charge in [-0.25, -0.2) is 0 Å². The van der Waals surface area contributed by atoms with Gasteiger partial charge in [-0.05, 0) is 90.5 Å². The molecule has 0 saturated heterocycles. The Morgan fingerprint density at radius 2 is 0.804 bits per heavy atom. The highest BCUT2D eigenvalue weighted by Crippen LogP contribution is 2.41. The van der Waals surface area contributed by atoms with E-state index in [1.165, 1.54) is 60.4 Å². The van der Waals surface area contributed by atoms with E-state index in [-0.39, 0.29) is 0 Å². The highest BCUT2D eigenvalue weighted by Gasteiger charge is 2.19. The zero-order chi connectivity index (χ0) is 33.7. The molecule has 0 spiro atoms. The number of benzene rings is 8. The normalized spacial score (nSPS) is 11.5. The molecule has 3 nitrogen and oxygen atoms in total. The summed E-state index contributed by atoms with van der Waals surface area (Å²) in [5.41, 5.74) is 12.9. The minimum Gasteiger partial charge on any atom is -0.311 e. The second-order valence-electron chi connectivity index (χ2n) is 13.0. The average Bonchev–Trinajstić information content (AvgIpc) is 3.72. The van der Waals surface area contributed by atoms with Crippen molar-refractivity contribution < 1.29 is 0 Å². The summed E-state index contributed by atoms with van der Waals surface area (Å²) in [5, 5.41) is 4.99. The SMILES string of the molecule is c1ccc(N(c2ccccc2)c2ccc(-n3c4ccccc4c4cccc(-c5ccc6c(c5)c5ccccc5n6-c5ccccc5)c43)cc2)cc1. The van der Waals surface area contributed by atoms with E-state index in [2.05, 4.69) is 214 Å². The summed E-state index contributed by atoms with van der Waals surface area (Å²) in [4.78, 5) is 2.31. The van der Waals surface area contributed by atoms with E-state index in [1.54, 1.807) is 0 Å². The molecule has 51 heavy (non-hydrogen) atoms. The molecule has 0 aliphatic carbocycles. The van der Waals surface area contributed by atoms with Crippen LogP contribution in [0.25, 0.3) is 66.1 Å². The van der Waals surface area contributed by atoms with Gasteiger partial charge in [-0.1, -0.05) is 115 Å². The van der Waals surface area contributed by atoms with Crippen LogP contribution in [0.2, 0.25) is 0 Å². The van der Waals surface area contributed by atoms with E-state index in [0.717, 1.165) is 22.7 Å². The lowest BCUT2D eigenvalue weighted by atomic mass is 10.00. The zero-order valence-electron chi connectivity index (χ0n) is 27.9. The molecule has 0 fully saturated rings. The Balaban J connectivity index is 1.17. The van der Waals surface area contributed by atoms with Crippen molar-refractivity contribution in [2.45, 2.75) is 0 Å². The highest BCUT2D eigenvalue weighted by atomic mass is 15.1. The summed E-state index contributed by atoms with van der Waals surface area (Å²) in [6, 6.07) is 72.0. The van der Waals surface area contributed by atoms with Crippen molar-refractivity contribution in [3.8, 4) is 22.5 Å². The number of rotatable bonds is 6. The van der Waals surface area contributed by atoms with Gasteiger partial charge in [-0.2, -0.15) is 0 Å². The molecule has 10 rings (SSSR count). The zero-order valence-corrected chi connectivity index (χ0v) is 27.9. The van der Waals surface area contributed by atoms with Crippen molar-refractivity contribution in [1.82, 2.24) is 9.13 Å². The van der Waals surface area contributed by atoms with Crippen LogP contribution in [0.1, 0.15) is 0 Å². The topological polar surface area (TPSA) is 13.1 Å². The van der Waals surface area contributed by atoms with Gasteiger partial charge in [0.2, 0.25) is 0 Å². The van der Waals surface area contributed by atoms with Gasteiger partial charge in [0, 0.05) is 55.5 Å². The minimum absolute atomic E-state index is 1.11. The van der Waals surface area contributed by atoms with Crippen molar-refractivity contribution in [2.75, 3.05) is 4.90 Å². The molecule has 8 aromatic carbocycles. The fraction of sp³-hybridized carbons (Fsp3) is 0. The van der Waals surface area contributed by atoms with Crippen molar-refractivity contribution in [2.24, 2.45) is 0 Å². The van der Waals surface area contributed by atoms with Gasteiger partial charge in [0.25, 0.3) is 0 Å². The largest absolute Gasteiger partial charge is 0.311 e. The predicted octanol–water partition coefficient (Wildman–Crippen LogP) is 13.0. The number of hydrogen-bond donors (Lipinski definition) is 0. The molecule has 2 aromatic heterocycles. The van der Waals surface area contributed by atoms with Gasteiger partial charge < -0.3 is 14.0 Å². The average molecular weight is 652 g/mol. The summed E-state index contributed by atoms with van der Waals surface area (Å²) in [7, 11) is 0. The molecule has 2 heterocycles. The Kier molecular flexibility index (Phi) is 6.81. The van der Waals surface area contributed by atoms with Crippen LogP contribution in [0.4, 0.5) is 17.1 Å². The third-order valence-electron chi connectivity index (χ3n) is 10.1. The predicted molar refractivity (Wildman–Crippen MR) is 215 cm³/mol. The fourth-order valence-electron chi connectivity index (χ4n) is 7.87. The minimum atomic E-state index is 1.11. The van der Waals surface area contributed by atoms with Gasteiger partial charge in [-0.15, -0.1) is 0 Å². The third-order valence-corrected chi connectivity index (χ3v) is 10.1. The van der Waals surface area contributed by atoms with E-state index < -0.39 is 0 Å². The summed E-state index contributed by atoms with van der Waals surface area (Å²) in [6.07, 6.45) is 0. The highest BCUT2D eigenvalue weighted by molar-refractivity contribution is 6.15. The third kappa shape index (κ3) is 4.74. The monoisotopic (exact) mass is 651 g/mol. The summed E-state index contributed by atoms with van der Waals surface area (Å²) < 4.78 is 4.82. The van der Waals surface area contributed by atoms with Crippen LogP contribution < -0.4 is 4.90 Å². The number of hydrogen-bond acceptors (Lipinski definition) is 1. The van der Waals surface area contributed by atoms with Crippen LogP contribution in [0.15, 0.2) is 200 Å². The van der Waals surface area contributed by atoms with Gasteiger partial charge in [0.05, 0.1) is 22.1 Å². The molecule has 0 N–H and O–H groups in total. The van der Waals surface area contributed by atoms with Crippen molar-refractivity contribution in [3.63, 3.8) is 0 Å². The van der Waals surface area contributed by atoms with Gasteiger partial charge in [-0.3, -0.25) is 0 Å². The smallest absolute Gasteiger partial charge is 0.0619 e. The first-order valence-corrected chi connectivity index (χ1v) is 17.5. The molecule has 3 heteroatoms. The maximum atomic E-state index is 2.44. The molecule has 0 bridgehead atoms. The van der Waals surface area contributed by atoms with Crippen LogP contribution >= 0.6 is 0 Å². The standard InChI is InChI=1S/C48H33N3/c1-4-15-35(16-5-1)49(36-17-6-2-7-18-36)38-28-30-39(31-29-38)51-46-26-13-10-21-41(46)43-24-14-23-40(48(43)51)34-27-32-47-44(33-34)42-22-11-12-25-45(42)50(47)37-19-8-3-9-20-37/h1-33H. The Morgan fingerprint density at radius 3 is 1.47 bits per heavy atom. The quantitative estimate of drug-likeness (QED) is 0.174. The van der Waals surface area contributed by atoms with Crippen molar-refractivity contribution in [1.29, 1.82) is 0 Å². The molecule has 0 saturated carbocycles. The van der Waals surface area contributed by atoms with E-state index >= 15 is 0 Å². The molecule has 0 aliphatic rings. The maximum absolute atomic E-state index is 2.44. The van der Waals surface area contributed by atoms with Crippen LogP contribution in [-0.4, -0.2) is 9.13 Å². The van der Waals surface area contributed by atoms with E-state index in [9.17, 15) is 0 Å². The summed E-state index contributed by atoms with van der Waals surface area (Å²) in [5.74, 6) is 0. The number of aromatic nitrogens is 2. The summed E-state index contributed by atoms with van der Waals surface area (Å²) >= 11 is 0. The van der Waals surface area contributed by atoms with Crippen LogP contribution in [-0.2, 0) is 0 Å². The molecule has 0 aliphatic heterocycles. The Morgan fingerprint density at radius 1 is 0.314 bits per heavy atom. The Bertz CT molecular complexity index is 2790. The molecule has 0 unspecified atom stereocenters. The Labute approximate surface area is 296 Å². The number of anilines is 3. The first-order chi connectivity index (χ1) is 25.3. The molecule has 0 amide bonds. The molecule has 10 aromatic rings. The summed E-state index contributed by atoms with van der Waals surface area (Å²) in [6.45, 7) is 0. The van der Waals surface area contributed by atoms with Gasteiger partial charge in [0.15, 0.2) is 0 Å². The number of para-hydroxylation sites is 6. The maximum Gasteiger partial charge on any atom is 0.0619 e. The molecule has 0 radical (unpaired) electrons. The molecular weight excluding hydrogens is 619 g/mol. The van der Waals surface area contributed by atoms with Gasteiger partial charge >= 0.3 is 0 Å². The van der Waals surface area contributed by atoms with E-state index in [0.29, 0.717) is 0 Å². The van der Waals surface area contributed by atoms with E-state index in [4.69, 9.17) is 0 Å². The first kappa shape index (κ1) is 29.1.